The Morgan fingerprint density at radius 2 is 1.91 bits per heavy atom. The summed E-state index contributed by atoms with van der Waals surface area (Å²) in [5.74, 6) is 3.43. The van der Waals surface area contributed by atoms with Gasteiger partial charge in [-0.05, 0) is 24.3 Å². The van der Waals surface area contributed by atoms with Crippen LogP contribution in [0, 0.1) is 12.3 Å². The van der Waals surface area contributed by atoms with Gasteiger partial charge < -0.3 is 4.90 Å². The molecule has 0 aliphatic carbocycles. The van der Waals surface area contributed by atoms with Crippen molar-refractivity contribution in [1.82, 2.24) is 4.90 Å². The van der Waals surface area contributed by atoms with E-state index >= 15 is 0 Å². The summed E-state index contributed by atoms with van der Waals surface area (Å²) >= 11 is 0. The summed E-state index contributed by atoms with van der Waals surface area (Å²) in [4.78, 5) is 14.4. The van der Waals surface area contributed by atoms with E-state index in [1.54, 1.807) is 0 Å². The molecule has 2 aliphatic heterocycles. The minimum atomic E-state index is -0.343. The van der Waals surface area contributed by atoms with Crippen LogP contribution in [0.3, 0.4) is 0 Å². The summed E-state index contributed by atoms with van der Waals surface area (Å²) in [6, 6.07) is 10.6. The maximum absolute atomic E-state index is 12.4. The lowest BCUT2D eigenvalue weighted by molar-refractivity contribution is -0.132. The van der Waals surface area contributed by atoms with Crippen LogP contribution in [0.5, 0.6) is 0 Å². The highest BCUT2D eigenvalue weighted by Gasteiger charge is 2.39. The summed E-state index contributed by atoms with van der Waals surface area (Å²) in [7, 11) is 0. The number of terminal acetylenes is 1. The third-order valence-corrected chi connectivity index (χ3v) is 4.91. The lowest BCUT2D eigenvalue weighted by Crippen LogP contribution is -2.38. The number of likely N-dealkylation sites (tertiary alicyclic amines) is 1. The van der Waals surface area contributed by atoms with Crippen molar-refractivity contribution in [3.05, 3.63) is 35.9 Å². The Morgan fingerprint density at radius 3 is 2.52 bits per heavy atom. The molecule has 4 heteroatoms. The molecule has 120 valence electrons. The van der Waals surface area contributed by atoms with Gasteiger partial charge in [-0.2, -0.15) is 10.2 Å². The lowest BCUT2D eigenvalue weighted by Gasteiger charge is -2.32. The van der Waals surface area contributed by atoms with E-state index in [1.165, 1.54) is 5.56 Å². The van der Waals surface area contributed by atoms with E-state index < -0.39 is 0 Å². The highest BCUT2D eigenvalue weighted by atomic mass is 16.2. The van der Waals surface area contributed by atoms with Crippen LogP contribution in [0.4, 0.5) is 0 Å². The Kier molecular flexibility index (Phi) is 4.76. The van der Waals surface area contributed by atoms with Crippen molar-refractivity contribution in [3.8, 4) is 12.3 Å². The first-order chi connectivity index (χ1) is 11.2. The fourth-order valence-corrected chi connectivity index (χ4v) is 3.32. The molecule has 0 bridgehead atoms. The van der Waals surface area contributed by atoms with E-state index in [1.807, 2.05) is 11.0 Å². The molecule has 1 amide bonds. The molecule has 0 spiro atoms. The number of benzene rings is 1. The summed E-state index contributed by atoms with van der Waals surface area (Å²) in [5.41, 5.74) is 1.05. The molecule has 1 saturated heterocycles. The molecule has 0 radical (unpaired) electrons. The topological polar surface area (TPSA) is 45.0 Å². The Hall–Kier alpha value is -2.15. The largest absolute Gasteiger partial charge is 0.343 e. The van der Waals surface area contributed by atoms with Crippen LogP contribution in [-0.4, -0.2) is 29.6 Å². The Bertz CT molecular complexity index is 603. The van der Waals surface area contributed by atoms with Gasteiger partial charge in [0.05, 0.1) is 0 Å². The van der Waals surface area contributed by atoms with Crippen LogP contribution in [0.15, 0.2) is 40.6 Å². The summed E-state index contributed by atoms with van der Waals surface area (Å²) in [6.45, 7) is 1.70. The smallest absolute Gasteiger partial charge is 0.222 e. The molecule has 0 unspecified atom stereocenters. The number of hydrogen-bond donors (Lipinski definition) is 0. The van der Waals surface area contributed by atoms with Crippen molar-refractivity contribution in [3.63, 3.8) is 0 Å². The van der Waals surface area contributed by atoms with Gasteiger partial charge >= 0.3 is 0 Å². The molecular weight excluding hydrogens is 286 g/mol. The van der Waals surface area contributed by atoms with Crippen molar-refractivity contribution in [1.29, 1.82) is 0 Å². The average molecular weight is 309 g/mol. The van der Waals surface area contributed by atoms with E-state index in [-0.39, 0.29) is 11.6 Å². The molecule has 1 fully saturated rings. The number of hydrogen-bond acceptors (Lipinski definition) is 3. The number of piperidine rings is 1. The van der Waals surface area contributed by atoms with Crippen LogP contribution >= 0.6 is 0 Å². The molecular formula is C19H23N3O. The minimum absolute atomic E-state index is 0.230. The van der Waals surface area contributed by atoms with Crippen LogP contribution in [0.1, 0.15) is 50.0 Å². The molecule has 4 nitrogen and oxygen atoms in total. The van der Waals surface area contributed by atoms with Gasteiger partial charge in [0.1, 0.15) is 0 Å². The third-order valence-electron chi connectivity index (χ3n) is 4.91. The Balaban J connectivity index is 1.43. The molecule has 3 rings (SSSR count). The van der Waals surface area contributed by atoms with E-state index in [9.17, 15) is 4.79 Å². The van der Waals surface area contributed by atoms with Crippen LogP contribution in [0.2, 0.25) is 0 Å². The van der Waals surface area contributed by atoms with Gasteiger partial charge in [0, 0.05) is 38.8 Å². The molecule has 0 saturated carbocycles. The maximum atomic E-state index is 12.4. The summed E-state index contributed by atoms with van der Waals surface area (Å²) < 4.78 is 0. The van der Waals surface area contributed by atoms with Crippen molar-refractivity contribution in [2.45, 2.75) is 50.1 Å². The van der Waals surface area contributed by atoms with E-state index in [2.05, 4.69) is 40.4 Å². The molecule has 1 aromatic carbocycles. The van der Waals surface area contributed by atoms with Gasteiger partial charge in [0.25, 0.3) is 0 Å². The van der Waals surface area contributed by atoms with Gasteiger partial charge in [-0.3, -0.25) is 4.79 Å². The highest BCUT2D eigenvalue weighted by molar-refractivity contribution is 5.76. The second-order valence-electron chi connectivity index (χ2n) is 6.45. The van der Waals surface area contributed by atoms with Gasteiger partial charge in [-0.15, -0.1) is 12.3 Å². The predicted molar refractivity (Wildman–Crippen MR) is 89.9 cm³/mol. The van der Waals surface area contributed by atoms with Crippen molar-refractivity contribution >= 4 is 5.91 Å². The molecule has 2 heterocycles. The zero-order chi connectivity index (χ0) is 16.1. The predicted octanol–water partition coefficient (Wildman–Crippen LogP) is 3.75. The van der Waals surface area contributed by atoms with E-state index in [4.69, 9.17) is 6.42 Å². The summed E-state index contributed by atoms with van der Waals surface area (Å²) in [6.07, 6.45) is 10.0. The quantitative estimate of drug-likeness (QED) is 0.738. The molecule has 0 aromatic heterocycles. The number of nitrogens with zero attached hydrogens (tertiary/aromatic N) is 3. The summed E-state index contributed by atoms with van der Waals surface area (Å²) in [5, 5.41) is 8.20. The molecule has 0 atom stereocenters. The zero-order valence-corrected chi connectivity index (χ0v) is 13.4. The lowest BCUT2D eigenvalue weighted by atomic mass is 9.89. The first-order valence-electron chi connectivity index (χ1n) is 8.43. The highest BCUT2D eigenvalue weighted by Crippen LogP contribution is 2.38. The number of carbonyl (C=O) groups is 1. The van der Waals surface area contributed by atoms with Crippen LogP contribution in [0.25, 0.3) is 0 Å². The van der Waals surface area contributed by atoms with E-state index in [0.29, 0.717) is 25.2 Å². The second-order valence-corrected chi connectivity index (χ2v) is 6.45. The van der Waals surface area contributed by atoms with E-state index in [0.717, 1.165) is 32.4 Å². The number of rotatable bonds is 6. The van der Waals surface area contributed by atoms with Crippen molar-refractivity contribution in [2.24, 2.45) is 10.2 Å². The van der Waals surface area contributed by atoms with Gasteiger partial charge in [0.2, 0.25) is 5.91 Å². The third kappa shape index (κ3) is 3.98. The SMILES string of the molecule is C#CCCC1(CCC(=O)N2CCC(c3ccccc3)CC2)N=N1. The average Bonchev–Trinajstić information content (AvgIpc) is 3.39. The molecule has 1 aromatic rings. The standard InChI is InChI=1S/C19H23N3O/c1-2-3-12-19(20-21-19)13-9-18(23)22-14-10-17(11-15-22)16-7-5-4-6-8-16/h1,4-8,17H,3,9-15H2. The minimum Gasteiger partial charge on any atom is -0.343 e. The zero-order valence-electron chi connectivity index (χ0n) is 13.4. The monoisotopic (exact) mass is 309 g/mol. The van der Waals surface area contributed by atoms with Crippen LogP contribution < -0.4 is 0 Å². The van der Waals surface area contributed by atoms with Gasteiger partial charge in [0.15, 0.2) is 5.66 Å². The Morgan fingerprint density at radius 1 is 1.22 bits per heavy atom. The first kappa shape index (κ1) is 15.7. The fourth-order valence-electron chi connectivity index (χ4n) is 3.32. The molecule has 23 heavy (non-hydrogen) atoms. The number of carbonyl (C=O) groups excluding carboxylic acids is 1. The van der Waals surface area contributed by atoms with Crippen molar-refractivity contribution in [2.75, 3.05) is 13.1 Å². The number of amides is 1. The van der Waals surface area contributed by atoms with Gasteiger partial charge in [-0.25, -0.2) is 0 Å². The normalized spacial score (nSPS) is 19.3. The van der Waals surface area contributed by atoms with Gasteiger partial charge in [-0.1, -0.05) is 30.3 Å². The molecule has 2 aliphatic rings. The van der Waals surface area contributed by atoms with Crippen LogP contribution in [-0.2, 0) is 4.79 Å². The van der Waals surface area contributed by atoms with Crippen molar-refractivity contribution < 1.29 is 4.79 Å². The first-order valence-corrected chi connectivity index (χ1v) is 8.43. The second kappa shape index (κ2) is 6.95. The molecule has 0 N–H and O–H groups in total. The maximum Gasteiger partial charge on any atom is 0.222 e. The Labute approximate surface area is 138 Å². The fraction of sp³-hybridized carbons (Fsp3) is 0.526.